The van der Waals surface area contributed by atoms with Gasteiger partial charge < -0.3 is 38.3 Å². The quantitative estimate of drug-likeness (QED) is 0.451. The van der Waals surface area contributed by atoms with E-state index in [0.29, 0.717) is 77.2 Å². The van der Waals surface area contributed by atoms with Gasteiger partial charge in [-0.3, -0.25) is 9.97 Å². The van der Waals surface area contributed by atoms with Crippen molar-refractivity contribution in [2.45, 2.75) is 39.6 Å². The van der Waals surface area contributed by atoms with Crippen molar-refractivity contribution in [2.24, 2.45) is 0 Å². The van der Waals surface area contributed by atoms with E-state index in [4.69, 9.17) is 33.2 Å². The van der Waals surface area contributed by atoms with Gasteiger partial charge in [-0.25, -0.2) is 4.79 Å². The lowest BCUT2D eigenvalue weighted by molar-refractivity contribution is -0.0142. The van der Waals surface area contributed by atoms with Crippen LogP contribution in [0.1, 0.15) is 44.3 Å². The van der Waals surface area contributed by atoms with Crippen LogP contribution in [0.5, 0.6) is 0 Å². The van der Waals surface area contributed by atoms with Crippen LogP contribution in [0.25, 0.3) is 0 Å². The number of benzene rings is 1. The minimum atomic E-state index is -1.03. The van der Waals surface area contributed by atoms with Crippen LogP contribution in [0.15, 0.2) is 54.6 Å². The smallest absolute Gasteiger partial charge is 0.336 e. The molecule has 0 spiro atoms. The van der Waals surface area contributed by atoms with Crippen LogP contribution in [0.4, 0.5) is 0 Å². The van der Waals surface area contributed by atoms with E-state index in [-0.39, 0.29) is 32.0 Å². The molecule has 3 heterocycles. The molecule has 0 fully saturated rings. The standard InChI is InChI=1S/C31H38N2O9/c34-31(35)30-24-4-1-5-25(30)19-42-23-29-9-3-7-27(33-29)21-40-17-15-38-13-11-36-10-12-37-14-16-39-20-26-6-2-8-28(32-26)22-41-18-24/h1-9H,10-23H2,(H,34,35). The van der Waals surface area contributed by atoms with Crippen molar-refractivity contribution in [1.29, 1.82) is 0 Å². The molecule has 0 saturated heterocycles. The van der Waals surface area contributed by atoms with E-state index in [1.807, 2.05) is 36.4 Å². The summed E-state index contributed by atoms with van der Waals surface area (Å²) >= 11 is 0. The monoisotopic (exact) mass is 582 g/mol. The van der Waals surface area contributed by atoms with Crippen LogP contribution in [-0.4, -0.2) is 73.9 Å². The first kappa shape index (κ1) is 31.6. The molecule has 11 heteroatoms. The Morgan fingerprint density at radius 3 is 1.19 bits per heavy atom. The number of carboxylic acids is 1. The van der Waals surface area contributed by atoms with Gasteiger partial charge in [0.2, 0.25) is 0 Å². The van der Waals surface area contributed by atoms with Crippen LogP contribution in [-0.2, 0) is 72.8 Å². The fraction of sp³-hybridized carbons (Fsp3) is 0.452. The maximum atomic E-state index is 12.2. The summed E-state index contributed by atoms with van der Waals surface area (Å²) in [6.45, 7) is 5.07. The molecule has 4 rings (SSSR count). The SMILES string of the molecule is O=C(O)c1c2cccc1COCc1cccc(n1)COCCOCCOCCOCCOCc1cccc(n1)COC2. The normalized spacial score (nSPS) is 17.6. The van der Waals surface area contributed by atoms with Gasteiger partial charge in [0.05, 0.1) is 121 Å². The first-order valence-corrected chi connectivity index (χ1v) is 14.0. The Balaban J connectivity index is 1.37. The van der Waals surface area contributed by atoms with Gasteiger partial charge in [-0.2, -0.15) is 0 Å². The number of carbonyl (C=O) groups is 1. The summed E-state index contributed by atoms with van der Waals surface area (Å²) in [6.07, 6.45) is 0. The summed E-state index contributed by atoms with van der Waals surface area (Å²) in [6, 6.07) is 16.6. The maximum absolute atomic E-state index is 12.2. The second kappa shape index (κ2) is 18.3. The Morgan fingerprint density at radius 2 is 0.810 bits per heavy atom. The first-order valence-electron chi connectivity index (χ1n) is 14.0. The van der Waals surface area contributed by atoms with E-state index in [1.165, 1.54) is 0 Å². The summed E-state index contributed by atoms with van der Waals surface area (Å²) in [5.41, 5.74) is 4.31. The predicted molar refractivity (Wildman–Crippen MR) is 151 cm³/mol. The Bertz CT molecular complexity index is 1160. The van der Waals surface area contributed by atoms with Gasteiger partial charge in [0, 0.05) is 0 Å². The summed E-state index contributed by atoms with van der Waals surface area (Å²) in [5, 5.41) is 9.95. The Labute approximate surface area is 245 Å². The number of ether oxygens (including phenoxy) is 7. The van der Waals surface area contributed by atoms with E-state index in [9.17, 15) is 9.90 Å². The van der Waals surface area contributed by atoms with Gasteiger partial charge in [0.15, 0.2) is 0 Å². The molecule has 42 heavy (non-hydrogen) atoms. The summed E-state index contributed by atoms with van der Waals surface area (Å²) in [7, 11) is 0. The van der Waals surface area contributed by atoms with Crippen molar-refractivity contribution in [3.63, 3.8) is 0 Å². The van der Waals surface area contributed by atoms with Crippen molar-refractivity contribution in [1.82, 2.24) is 9.97 Å². The molecule has 1 aliphatic rings. The van der Waals surface area contributed by atoms with E-state index in [0.717, 1.165) is 22.8 Å². The molecule has 3 aromatic rings. The second-order valence-corrected chi connectivity index (χ2v) is 9.42. The second-order valence-electron chi connectivity index (χ2n) is 9.42. The number of carboxylic acid groups (broad SMARTS) is 1. The molecule has 1 aliphatic heterocycles. The number of hydrogen-bond donors (Lipinski definition) is 1. The average molecular weight is 583 g/mol. The molecule has 0 atom stereocenters. The van der Waals surface area contributed by atoms with Gasteiger partial charge in [-0.05, 0) is 35.4 Å². The highest BCUT2D eigenvalue weighted by atomic mass is 16.6. The van der Waals surface area contributed by atoms with Crippen LogP contribution >= 0.6 is 0 Å². The third-order valence-corrected chi connectivity index (χ3v) is 6.18. The molecular weight excluding hydrogens is 544 g/mol. The largest absolute Gasteiger partial charge is 0.478 e. The van der Waals surface area contributed by atoms with Crippen LogP contribution in [0.2, 0.25) is 0 Å². The Morgan fingerprint density at radius 1 is 0.476 bits per heavy atom. The van der Waals surface area contributed by atoms with Crippen LogP contribution < -0.4 is 0 Å². The summed E-state index contributed by atoms with van der Waals surface area (Å²) in [5.74, 6) is -1.03. The van der Waals surface area contributed by atoms with Gasteiger partial charge in [0.25, 0.3) is 0 Å². The molecule has 2 aromatic heterocycles. The molecule has 1 aromatic carbocycles. The van der Waals surface area contributed by atoms with Crippen molar-refractivity contribution in [3.8, 4) is 0 Å². The number of rotatable bonds is 1. The fourth-order valence-corrected chi connectivity index (χ4v) is 4.21. The lowest BCUT2D eigenvalue weighted by Crippen LogP contribution is -2.13. The highest BCUT2D eigenvalue weighted by molar-refractivity contribution is 5.91. The Kier molecular flexibility index (Phi) is 13.8. The molecule has 6 bridgehead atoms. The van der Waals surface area contributed by atoms with E-state index in [1.54, 1.807) is 18.2 Å². The number of aromatic carboxylic acids is 1. The number of fused-ring (bicyclic) bond motifs is 6. The highest BCUT2D eigenvalue weighted by Gasteiger charge is 2.16. The minimum Gasteiger partial charge on any atom is -0.478 e. The lowest BCUT2D eigenvalue weighted by Gasteiger charge is -2.13. The van der Waals surface area contributed by atoms with Gasteiger partial charge in [-0.15, -0.1) is 0 Å². The average Bonchev–Trinajstić information content (AvgIpc) is 2.99. The van der Waals surface area contributed by atoms with Gasteiger partial charge in [-0.1, -0.05) is 30.3 Å². The lowest BCUT2D eigenvalue weighted by atomic mass is 10.0. The van der Waals surface area contributed by atoms with Crippen LogP contribution in [0.3, 0.4) is 0 Å². The molecule has 0 radical (unpaired) electrons. The molecule has 0 saturated carbocycles. The third-order valence-electron chi connectivity index (χ3n) is 6.18. The molecule has 226 valence electrons. The summed E-state index contributed by atoms with van der Waals surface area (Å²) in [4.78, 5) is 21.3. The zero-order chi connectivity index (χ0) is 29.2. The van der Waals surface area contributed by atoms with E-state index < -0.39 is 5.97 Å². The fourth-order valence-electron chi connectivity index (χ4n) is 4.21. The number of pyridine rings is 2. The predicted octanol–water partition coefficient (Wildman–Crippen LogP) is 3.71. The minimum absolute atomic E-state index is 0.119. The van der Waals surface area contributed by atoms with E-state index in [2.05, 4.69) is 9.97 Å². The first-order chi connectivity index (χ1) is 20.7. The van der Waals surface area contributed by atoms with E-state index >= 15 is 0 Å². The zero-order valence-corrected chi connectivity index (χ0v) is 23.7. The topological polar surface area (TPSA) is 128 Å². The van der Waals surface area contributed by atoms with Crippen molar-refractivity contribution in [2.75, 3.05) is 52.9 Å². The molecule has 1 N–H and O–H groups in total. The van der Waals surface area contributed by atoms with Crippen molar-refractivity contribution >= 4 is 5.97 Å². The summed E-state index contributed by atoms with van der Waals surface area (Å²) < 4.78 is 39.7. The third kappa shape index (κ3) is 11.2. The molecule has 0 aliphatic carbocycles. The zero-order valence-electron chi connectivity index (χ0n) is 23.7. The number of hydrogen-bond acceptors (Lipinski definition) is 10. The Hall–Kier alpha value is -3.29. The molecule has 0 unspecified atom stereocenters. The van der Waals surface area contributed by atoms with Crippen molar-refractivity contribution < 1.29 is 43.1 Å². The maximum Gasteiger partial charge on any atom is 0.336 e. The van der Waals surface area contributed by atoms with Crippen molar-refractivity contribution in [3.05, 3.63) is 94.1 Å². The van der Waals surface area contributed by atoms with Crippen LogP contribution in [0, 0.1) is 0 Å². The molecule has 11 nitrogen and oxygen atoms in total. The number of aromatic nitrogens is 2. The highest BCUT2D eigenvalue weighted by Crippen LogP contribution is 2.19. The van der Waals surface area contributed by atoms with Gasteiger partial charge in [0.1, 0.15) is 0 Å². The molecular formula is C31H38N2O9. The van der Waals surface area contributed by atoms with Gasteiger partial charge >= 0.3 is 5.97 Å². The number of nitrogens with zero attached hydrogens (tertiary/aromatic N) is 2. The molecule has 0 amide bonds.